The predicted molar refractivity (Wildman–Crippen MR) is 132 cm³/mol. The van der Waals surface area contributed by atoms with E-state index in [2.05, 4.69) is 0 Å². The van der Waals surface area contributed by atoms with Crippen LogP contribution in [0.15, 0.2) is 65.6 Å². The largest absolute Gasteiger partial charge is 0.494 e. The fraction of sp³-hybridized carbons (Fsp3) is 0.308. The summed E-state index contributed by atoms with van der Waals surface area (Å²) in [5, 5.41) is 1.03. The second-order valence-corrected chi connectivity index (χ2v) is 9.46. The molecular weight excluding hydrogens is 454 g/mol. The maximum Gasteiger partial charge on any atom is 0.311 e. The summed E-state index contributed by atoms with van der Waals surface area (Å²) in [5.74, 6) is -0.0608. The van der Waals surface area contributed by atoms with E-state index < -0.39 is 15.9 Å². The third-order valence-corrected chi connectivity index (χ3v) is 6.87. The normalized spacial score (nSPS) is 11.3. The Bertz CT molecular complexity index is 1270. The van der Waals surface area contributed by atoms with E-state index in [0.717, 1.165) is 4.31 Å². The molecule has 0 N–H and O–H groups in total. The third-order valence-electron chi connectivity index (χ3n) is 5.12. The number of esters is 1. The van der Waals surface area contributed by atoms with Gasteiger partial charge in [0.25, 0.3) is 10.0 Å². The highest BCUT2D eigenvalue weighted by atomic mass is 32.2. The average Bonchev–Trinajstić information content (AvgIpc) is 2.81. The molecule has 0 atom stereocenters. The maximum atomic E-state index is 13.7. The van der Waals surface area contributed by atoms with Crippen LogP contribution in [0.4, 0.5) is 5.69 Å². The van der Waals surface area contributed by atoms with Gasteiger partial charge in [-0.05, 0) is 56.2 Å². The van der Waals surface area contributed by atoms with Crippen LogP contribution in [0.2, 0.25) is 0 Å². The van der Waals surface area contributed by atoms with E-state index in [9.17, 15) is 18.0 Å². The Kier molecular flexibility index (Phi) is 8.28. The number of nitrogens with zero attached hydrogens (tertiary/aromatic N) is 1. The highest BCUT2D eigenvalue weighted by Crippen LogP contribution is 2.37. The molecule has 34 heavy (non-hydrogen) atoms. The van der Waals surface area contributed by atoms with E-state index in [4.69, 9.17) is 9.47 Å². The number of fused-ring (bicyclic) bond motifs is 1. The van der Waals surface area contributed by atoms with Gasteiger partial charge in [-0.3, -0.25) is 9.59 Å². The number of ether oxygens (including phenoxy) is 2. The Labute approximate surface area is 200 Å². The predicted octanol–water partition coefficient (Wildman–Crippen LogP) is 5.47. The fourth-order valence-electron chi connectivity index (χ4n) is 3.59. The molecule has 0 heterocycles. The van der Waals surface area contributed by atoms with Gasteiger partial charge in [0.1, 0.15) is 11.5 Å². The molecular formula is C26H29NO6S. The summed E-state index contributed by atoms with van der Waals surface area (Å²) in [6.45, 7) is 5.98. The number of carbonyl (C=O) groups excluding carboxylic acids is 2. The van der Waals surface area contributed by atoms with E-state index in [-0.39, 0.29) is 29.4 Å². The Morgan fingerprint density at radius 3 is 2.09 bits per heavy atom. The van der Waals surface area contributed by atoms with Gasteiger partial charge in [0.15, 0.2) is 0 Å². The van der Waals surface area contributed by atoms with Crippen molar-refractivity contribution in [3.8, 4) is 11.5 Å². The van der Waals surface area contributed by atoms with Crippen LogP contribution in [-0.4, -0.2) is 26.9 Å². The lowest BCUT2D eigenvalue weighted by atomic mass is 10.1. The van der Waals surface area contributed by atoms with Gasteiger partial charge in [0, 0.05) is 23.6 Å². The molecule has 0 saturated heterocycles. The smallest absolute Gasteiger partial charge is 0.311 e. The molecule has 0 bridgehead atoms. The van der Waals surface area contributed by atoms with Gasteiger partial charge in [-0.1, -0.05) is 38.1 Å². The average molecular weight is 484 g/mol. The first-order chi connectivity index (χ1) is 16.3. The zero-order chi connectivity index (χ0) is 24.7. The Hall–Kier alpha value is -3.39. The lowest BCUT2D eigenvalue weighted by Gasteiger charge is -2.24. The standard InChI is InChI=1S/C26H29NO6S/c1-4-9-25(28)27(34(30,31)20-15-13-19(14-16-20)32-6-3)23-17-18-24(33-26(29)10-5-2)22-12-8-7-11-21(22)23/h7-8,11-18H,4-6,9-10H2,1-3H3. The van der Waals surface area contributed by atoms with Crippen molar-refractivity contribution in [2.75, 3.05) is 10.9 Å². The molecule has 0 fully saturated rings. The summed E-state index contributed by atoms with van der Waals surface area (Å²) in [7, 11) is -4.22. The third kappa shape index (κ3) is 5.39. The molecule has 0 saturated carbocycles. The molecule has 180 valence electrons. The molecule has 0 spiro atoms. The van der Waals surface area contributed by atoms with E-state index in [1.807, 2.05) is 20.8 Å². The molecule has 3 rings (SSSR count). The van der Waals surface area contributed by atoms with Crippen LogP contribution < -0.4 is 13.8 Å². The van der Waals surface area contributed by atoms with Crippen LogP contribution in [0.25, 0.3) is 10.8 Å². The van der Waals surface area contributed by atoms with Gasteiger partial charge in [-0.25, -0.2) is 12.7 Å². The molecule has 0 radical (unpaired) electrons. The van der Waals surface area contributed by atoms with Crippen molar-refractivity contribution < 1.29 is 27.5 Å². The van der Waals surface area contributed by atoms with Crippen molar-refractivity contribution in [2.24, 2.45) is 0 Å². The highest BCUT2D eigenvalue weighted by molar-refractivity contribution is 7.93. The van der Waals surface area contributed by atoms with Crippen LogP contribution >= 0.6 is 0 Å². The monoisotopic (exact) mass is 483 g/mol. The molecule has 0 aromatic heterocycles. The molecule has 1 amide bonds. The summed E-state index contributed by atoms with van der Waals surface area (Å²) in [6.07, 6.45) is 1.45. The molecule has 0 unspecified atom stereocenters. The first-order valence-electron chi connectivity index (χ1n) is 11.4. The van der Waals surface area contributed by atoms with Gasteiger partial charge in [0.2, 0.25) is 5.91 Å². The first kappa shape index (κ1) is 25.2. The molecule has 7 nitrogen and oxygen atoms in total. The summed E-state index contributed by atoms with van der Waals surface area (Å²) in [4.78, 5) is 25.2. The van der Waals surface area contributed by atoms with E-state index in [1.54, 1.807) is 36.4 Å². The molecule has 3 aromatic rings. The van der Waals surface area contributed by atoms with Crippen molar-refractivity contribution in [1.29, 1.82) is 0 Å². The number of amides is 1. The molecule has 0 aliphatic heterocycles. The van der Waals surface area contributed by atoms with Crippen LogP contribution in [0.5, 0.6) is 11.5 Å². The number of rotatable bonds is 10. The number of sulfonamides is 1. The number of hydrogen-bond acceptors (Lipinski definition) is 6. The van der Waals surface area contributed by atoms with Crippen molar-refractivity contribution in [2.45, 2.75) is 51.3 Å². The quantitative estimate of drug-likeness (QED) is 0.281. The zero-order valence-corrected chi connectivity index (χ0v) is 20.4. The van der Waals surface area contributed by atoms with Crippen molar-refractivity contribution in [3.63, 3.8) is 0 Å². The van der Waals surface area contributed by atoms with Gasteiger partial charge < -0.3 is 9.47 Å². The van der Waals surface area contributed by atoms with Crippen LogP contribution in [0, 0.1) is 0 Å². The van der Waals surface area contributed by atoms with Crippen molar-refractivity contribution in [1.82, 2.24) is 0 Å². The highest BCUT2D eigenvalue weighted by Gasteiger charge is 2.32. The minimum atomic E-state index is -4.22. The van der Waals surface area contributed by atoms with Gasteiger partial charge in [0.05, 0.1) is 17.2 Å². The number of hydrogen-bond donors (Lipinski definition) is 0. The SMILES string of the molecule is CCCC(=O)Oc1ccc(N(C(=O)CCC)S(=O)(=O)c2ccc(OCC)cc2)c2ccccc12. The van der Waals surface area contributed by atoms with Gasteiger partial charge in [-0.15, -0.1) is 0 Å². The molecule has 8 heteroatoms. The minimum Gasteiger partial charge on any atom is -0.494 e. The Morgan fingerprint density at radius 1 is 0.824 bits per heavy atom. The maximum absolute atomic E-state index is 13.7. The summed E-state index contributed by atoms with van der Waals surface area (Å²) < 4.78 is 39.1. The van der Waals surface area contributed by atoms with Crippen molar-refractivity contribution >= 4 is 38.4 Å². The molecule has 3 aromatic carbocycles. The van der Waals surface area contributed by atoms with E-state index in [1.165, 1.54) is 24.3 Å². The van der Waals surface area contributed by atoms with Gasteiger partial charge in [-0.2, -0.15) is 0 Å². The van der Waals surface area contributed by atoms with Crippen LogP contribution in [0.3, 0.4) is 0 Å². The van der Waals surface area contributed by atoms with Crippen molar-refractivity contribution in [3.05, 3.63) is 60.7 Å². The zero-order valence-electron chi connectivity index (χ0n) is 19.6. The summed E-state index contributed by atoms with van der Waals surface area (Å²) in [6, 6.07) is 16.0. The minimum absolute atomic E-state index is 0.0251. The number of carbonyl (C=O) groups is 2. The van der Waals surface area contributed by atoms with E-state index in [0.29, 0.717) is 41.7 Å². The van der Waals surface area contributed by atoms with Gasteiger partial charge >= 0.3 is 5.97 Å². The van der Waals surface area contributed by atoms with Crippen LogP contribution in [-0.2, 0) is 19.6 Å². The molecule has 0 aliphatic carbocycles. The van der Waals surface area contributed by atoms with E-state index >= 15 is 0 Å². The summed E-state index contributed by atoms with van der Waals surface area (Å²) >= 11 is 0. The lowest BCUT2D eigenvalue weighted by molar-refractivity contribution is -0.134. The topological polar surface area (TPSA) is 90.0 Å². The lowest BCUT2D eigenvalue weighted by Crippen LogP contribution is -2.37. The number of benzene rings is 3. The second kappa shape index (κ2) is 11.2. The Morgan fingerprint density at radius 2 is 1.47 bits per heavy atom. The summed E-state index contributed by atoms with van der Waals surface area (Å²) in [5.41, 5.74) is 0.207. The number of anilines is 1. The first-order valence-corrected chi connectivity index (χ1v) is 12.8. The fourth-order valence-corrected chi connectivity index (χ4v) is 5.06. The van der Waals surface area contributed by atoms with Crippen LogP contribution in [0.1, 0.15) is 46.5 Å². The molecule has 0 aliphatic rings. The Balaban J connectivity index is 2.15. The second-order valence-electron chi connectivity index (χ2n) is 7.67.